The molecule has 1 fully saturated rings. The van der Waals surface area contributed by atoms with Gasteiger partial charge in [0, 0.05) is 30.6 Å². The van der Waals surface area contributed by atoms with Crippen LogP contribution in [0.5, 0.6) is 0 Å². The lowest BCUT2D eigenvalue weighted by Gasteiger charge is -2.24. The Morgan fingerprint density at radius 3 is 3.11 bits per heavy atom. The van der Waals surface area contributed by atoms with Crippen LogP contribution in [-0.4, -0.2) is 26.7 Å². The van der Waals surface area contributed by atoms with Gasteiger partial charge in [-0.1, -0.05) is 25.6 Å². The summed E-state index contributed by atoms with van der Waals surface area (Å²) in [5.41, 5.74) is 2.41. The highest BCUT2D eigenvalue weighted by atomic mass is 32.2. The van der Waals surface area contributed by atoms with Crippen molar-refractivity contribution in [3.63, 3.8) is 0 Å². The summed E-state index contributed by atoms with van der Waals surface area (Å²) >= 11 is 1.83. The van der Waals surface area contributed by atoms with E-state index in [2.05, 4.69) is 35.5 Å². The zero-order valence-electron chi connectivity index (χ0n) is 11.4. The van der Waals surface area contributed by atoms with E-state index < -0.39 is 0 Å². The van der Waals surface area contributed by atoms with E-state index in [1.54, 1.807) is 0 Å². The number of hydrogen-bond donors (Lipinski definition) is 1. The fourth-order valence-electron chi connectivity index (χ4n) is 2.15. The lowest BCUT2D eigenvalue weighted by Crippen LogP contribution is -2.37. The summed E-state index contributed by atoms with van der Waals surface area (Å²) in [6.07, 6.45) is 5.47. The highest BCUT2D eigenvalue weighted by molar-refractivity contribution is 8.13. The number of aromatic nitrogens is 2. The Bertz CT molecular complexity index is 425. The van der Waals surface area contributed by atoms with Crippen molar-refractivity contribution in [1.29, 1.82) is 0 Å². The molecule has 0 spiro atoms. The maximum atomic E-state index is 4.69. The number of aliphatic imine (C=N–C) groups is 1. The molecule has 1 N–H and O–H groups in total. The molecule has 4 nitrogen and oxygen atoms in total. The molecule has 2 heterocycles. The molecule has 0 saturated carbocycles. The first-order valence-electron chi connectivity index (χ1n) is 6.68. The molecule has 2 rings (SSSR count). The van der Waals surface area contributed by atoms with Crippen LogP contribution in [0.3, 0.4) is 0 Å². The molecule has 0 aliphatic carbocycles. The Morgan fingerprint density at radius 1 is 1.56 bits per heavy atom. The van der Waals surface area contributed by atoms with Gasteiger partial charge in [-0.3, -0.25) is 9.67 Å². The molecule has 0 bridgehead atoms. The van der Waals surface area contributed by atoms with E-state index in [0.717, 1.165) is 23.8 Å². The number of aryl methyl sites for hydroxylation is 2. The van der Waals surface area contributed by atoms with Crippen molar-refractivity contribution in [2.75, 3.05) is 5.75 Å². The molecule has 1 unspecified atom stereocenters. The predicted molar refractivity (Wildman–Crippen MR) is 78.0 cm³/mol. The van der Waals surface area contributed by atoms with E-state index in [1.165, 1.54) is 24.2 Å². The van der Waals surface area contributed by atoms with Crippen LogP contribution in [0.4, 0.5) is 0 Å². The second-order valence-corrected chi connectivity index (χ2v) is 5.72. The summed E-state index contributed by atoms with van der Waals surface area (Å²) in [4.78, 5) is 4.69. The summed E-state index contributed by atoms with van der Waals surface area (Å²) in [7, 11) is 1.97. The molecular formula is C13H22N4S. The molecule has 0 amide bonds. The third kappa shape index (κ3) is 3.28. The van der Waals surface area contributed by atoms with Crippen LogP contribution in [-0.2, 0) is 20.0 Å². The molecule has 1 atom stereocenters. The summed E-state index contributed by atoms with van der Waals surface area (Å²) in [5.74, 6) is 1.18. The van der Waals surface area contributed by atoms with Crippen LogP contribution in [0.15, 0.2) is 11.2 Å². The Labute approximate surface area is 113 Å². The third-order valence-corrected chi connectivity index (χ3v) is 4.21. The number of rotatable bonds is 4. The van der Waals surface area contributed by atoms with Crippen molar-refractivity contribution in [3.05, 3.63) is 17.5 Å². The van der Waals surface area contributed by atoms with Crippen molar-refractivity contribution in [2.24, 2.45) is 12.0 Å². The Kier molecular flexibility index (Phi) is 4.69. The van der Waals surface area contributed by atoms with E-state index in [4.69, 9.17) is 0 Å². The van der Waals surface area contributed by atoms with Gasteiger partial charge in [-0.2, -0.15) is 5.10 Å². The molecule has 1 aliphatic rings. The zero-order chi connectivity index (χ0) is 13.0. The minimum absolute atomic E-state index is 0.601. The number of nitrogens with one attached hydrogen (secondary N) is 1. The van der Waals surface area contributed by atoms with Crippen molar-refractivity contribution in [2.45, 2.75) is 45.7 Å². The Morgan fingerprint density at radius 2 is 2.39 bits per heavy atom. The van der Waals surface area contributed by atoms with E-state index in [0.29, 0.717) is 6.04 Å². The van der Waals surface area contributed by atoms with E-state index in [1.807, 2.05) is 23.5 Å². The van der Waals surface area contributed by atoms with Gasteiger partial charge >= 0.3 is 0 Å². The molecule has 0 aromatic carbocycles. The highest BCUT2D eigenvalue weighted by Gasteiger charge is 2.15. The highest BCUT2D eigenvalue weighted by Crippen LogP contribution is 2.17. The number of thioether (sulfide) groups is 1. The maximum Gasteiger partial charge on any atom is 0.157 e. The molecule has 1 saturated heterocycles. The van der Waals surface area contributed by atoms with E-state index in [9.17, 15) is 0 Å². The van der Waals surface area contributed by atoms with Crippen molar-refractivity contribution in [3.8, 4) is 0 Å². The zero-order valence-corrected chi connectivity index (χ0v) is 12.3. The fraction of sp³-hybridized carbons (Fsp3) is 0.692. The van der Waals surface area contributed by atoms with Gasteiger partial charge in [0.05, 0.1) is 12.2 Å². The molecular weight excluding hydrogens is 244 g/mol. The summed E-state index contributed by atoms with van der Waals surface area (Å²) in [5, 5.41) is 9.04. The van der Waals surface area contributed by atoms with Gasteiger partial charge in [0.2, 0.25) is 0 Å². The van der Waals surface area contributed by atoms with Crippen molar-refractivity contribution in [1.82, 2.24) is 15.1 Å². The van der Waals surface area contributed by atoms with Crippen LogP contribution in [0.2, 0.25) is 0 Å². The first-order valence-corrected chi connectivity index (χ1v) is 7.66. The van der Waals surface area contributed by atoms with Crippen LogP contribution in [0.1, 0.15) is 37.9 Å². The third-order valence-electron chi connectivity index (χ3n) is 3.25. The Balaban J connectivity index is 2.00. The second kappa shape index (κ2) is 6.27. The number of hydrogen-bond acceptors (Lipinski definition) is 3. The lowest BCUT2D eigenvalue weighted by molar-refractivity contribution is 0.570. The maximum absolute atomic E-state index is 4.69. The van der Waals surface area contributed by atoms with Crippen LogP contribution >= 0.6 is 11.8 Å². The first kappa shape index (κ1) is 13.5. The molecule has 0 radical (unpaired) electrons. The quantitative estimate of drug-likeness (QED) is 0.909. The average molecular weight is 266 g/mol. The first-order chi connectivity index (χ1) is 8.72. The smallest absolute Gasteiger partial charge is 0.157 e. The standard InChI is InChI=1S/C13H22N4S/c1-4-11-6-7-18-13(15-11)14-8-10-9-17(3)16-12(10)5-2/h9,11H,4-8H2,1-3H3,(H,14,15). The SMILES string of the molecule is CCc1nn(C)cc1CN=C1NC(CC)CCS1. The van der Waals surface area contributed by atoms with E-state index in [-0.39, 0.29) is 0 Å². The second-order valence-electron chi connectivity index (χ2n) is 4.64. The van der Waals surface area contributed by atoms with Crippen LogP contribution in [0.25, 0.3) is 0 Å². The van der Waals surface area contributed by atoms with Gasteiger partial charge in [-0.15, -0.1) is 0 Å². The molecule has 5 heteroatoms. The van der Waals surface area contributed by atoms with Crippen LogP contribution in [0, 0.1) is 0 Å². The monoisotopic (exact) mass is 266 g/mol. The lowest BCUT2D eigenvalue weighted by atomic mass is 10.2. The predicted octanol–water partition coefficient (Wildman–Crippen LogP) is 2.34. The summed E-state index contributed by atoms with van der Waals surface area (Å²) in [6.45, 7) is 5.10. The molecule has 100 valence electrons. The van der Waals surface area contributed by atoms with Crippen molar-refractivity contribution >= 4 is 16.9 Å². The van der Waals surface area contributed by atoms with Gasteiger partial charge in [-0.05, 0) is 19.3 Å². The average Bonchev–Trinajstić information content (AvgIpc) is 2.77. The fourth-order valence-corrected chi connectivity index (χ4v) is 3.16. The van der Waals surface area contributed by atoms with Gasteiger partial charge in [-0.25, -0.2) is 0 Å². The van der Waals surface area contributed by atoms with Crippen molar-refractivity contribution < 1.29 is 0 Å². The molecule has 1 aliphatic heterocycles. The van der Waals surface area contributed by atoms with E-state index >= 15 is 0 Å². The minimum Gasteiger partial charge on any atom is -0.362 e. The molecule has 18 heavy (non-hydrogen) atoms. The molecule has 1 aromatic heterocycles. The summed E-state index contributed by atoms with van der Waals surface area (Å²) in [6, 6.07) is 0.601. The van der Waals surface area contributed by atoms with Gasteiger partial charge in [0.15, 0.2) is 5.17 Å². The molecule has 1 aromatic rings. The Hall–Kier alpha value is -0.970. The number of amidine groups is 1. The van der Waals surface area contributed by atoms with Gasteiger partial charge in [0.1, 0.15) is 0 Å². The van der Waals surface area contributed by atoms with Gasteiger partial charge < -0.3 is 5.32 Å². The number of nitrogens with zero attached hydrogens (tertiary/aromatic N) is 3. The minimum atomic E-state index is 0.601. The summed E-state index contributed by atoms with van der Waals surface area (Å²) < 4.78 is 1.88. The van der Waals surface area contributed by atoms with Gasteiger partial charge in [0.25, 0.3) is 0 Å². The normalized spacial score (nSPS) is 22.2. The topological polar surface area (TPSA) is 42.2 Å². The van der Waals surface area contributed by atoms with Crippen LogP contribution < -0.4 is 5.32 Å². The largest absolute Gasteiger partial charge is 0.362 e.